The van der Waals surface area contributed by atoms with Crippen molar-refractivity contribution in [1.29, 1.82) is 0 Å². The molecule has 0 spiro atoms. The van der Waals surface area contributed by atoms with E-state index in [0.29, 0.717) is 22.5 Å². The largest absolute Gasteiger partial charge is 0.487 e. The van der Waals surface area contributed by atoms with E-state index in [2.05, 4.69) is 9.97 Å². The maximum Gasteiger partial charge on any atom is 0.421 e. The standard InChI is InChI=1S/C28H23F3N4O2S/c1-16-9-10-32-23(14-35-11-5-7-22(27(35)36)28(29,30)31)21(16)15-37-24-8-4-6-19-20(12-17(2)34-25(19)24)26-33-13-18(3)38-26/h4-13H,14-15H2,1-3H3. The summed E-state index contributed by atoms with van der Waals surface area (Å²) >= 11 is 1.60. The Morgan fingerprint density at radius 2 is 1.87 bits per heavy atom. The van der Waals surface area contributed by atoms with E-state index in [4.69, 9.17) is 9.72 Å². The van der Waals surface area contributed by atoms with Crippen LogP contribution in [0, 0.1) is 20.8 Å². The minimum Gasteiger partial charge on any atom is -0.487 e. The first kappa shape index (κ1) is 25.6. The number of nitrogens with zero attached hydrogens (tertiary/aromatic N) is 4. The highest BCUT2D eigenvalue weighted by molar-refractivity contribution is 7.15. The molecular formula is C28H23F3N4O2S. The fourth-order valence-electron chi connectivity index (χ4n) is 4.29. The minimum atomic E-state index is -4.73. The minimum absolute atomic E-state index is 0.100. The summed E-state index contributed by atoms with van der Waals surface area (Å²) in [7, 11) is 0. The van der Waals surface area contributed by atoms with Crippen LogP contribution in [0.3, 0.4) is 0 Å². The molecule has 194 valence electrons. The lowest BCUT2D eigenvalue weighted by Gasteiger charge is -2.16. The summed E-state index contributed by atoms with van der Waals surface area (Å²) < 4.78 is 47.0. The molecule has 4 heterocycles. The van der Waals surface area contributed by atoms with Gasteiger partial charge in [-0.25, -0.2) is 9.97 Å². The van der Waals surface area contributed by atoms with E-state index in [1.807, 2.05) is 51.2 Å². The maximum atomic E-state index is 13.3. The van der Waals surface area contributed by atoms with Crippen LogP contribution in [0.25, 0.3) is 21.5 Å². The summed E-state index contributed by atoms with van der Waals surface area (Å²) in [6, 6.07) is 11.5. The number of hydrogen-bond acceptors (Lipinski definition) is 6. The molecule has 0 bridgehead atoms. The number of pyridine rings is 3. The second-order valence-electron chi connectivity index (χ2n) is 8.93. The zero-order chi connectivity index (χ0) is 27.0. The molecule has 38 heavy (non-hydrogen) atoms. The van der Waals surface area contributed by atoms with Gasteiger partial charge in [-0.1, -0.05) is 12.1 Å². The van der Waals surface area contributed by atoms with Gasteiger partial charge in [0.25, 0.3) is 5.56 Å². The molecule has 10 heteroatoms. The van der Waals surface area contributed by atoms with Gasteiger partial charge in [-0.3, -0.25) is 9.78 Å². The van der Waals surface area contributed by atoms with E-state index in [-0.39, 0.29) is 13.2 Å². The summed E-state index contributed by atoms with van der Waals surface area (Å²) in [5.74, 6) is 0.561. The monoisotopic (exact) mass is 536 g/mol. The van der Waals surface area contributed by atoms with Gasteiger partial charge in [-0.05, 0) is 56.7 Å². The predicted molar refractivity (Wildman–Crippen MR) is 140 cm³/mol. The van der Waals surface area contributed by atoms with Crippen LogP contribution >= 0.6 is 11.3 Å². The number of halogens is 3. The molecule has 4 aromatic heterocycles. The van der Waals surface area contributed by atoms with E-state index in [0.717, 1.165) is 42.7 Å². The Labute approximate surface area is 220 Å². The second-order valence-corrected chi connectivity index (χ2v) is 10.2. The normalized spacial score (nSPS) is 11.7. The molecule has 0 aliphatic heterocycles. The first-order chi connectivity index (χ1) is 18.1. The molecule has 5 aromatic rings. The van der Waals surface area contributed by atoms with E-state index in [1.165, 1.54) is 12.3 Å². The van der Waals surface area contributed by atoms with Crippen molar-refractivity contribution in [3.05, 3.63) is 104 Å². The van der Waals surface area contributed by atoms with Gasteiger partial charge < -0.3 is 9.30 Å². The van der Waals surface area contributed by atoms with Crippen LogP contribution in [0.2, 0.25) is 0 Å². The van der Waals surface area contributed by atoms with Crippen molar-refractivity contribution in [1.82, 2.24) is 19.5 Å². The number of rotatable bonds is 6. The number of alkyl halides is 3. The lowest BCUT2D eigenvalue weighted by molar-refractivity contribution is -0.138. The summed E-state index contributed by atoms with van der Waals surface area (Å²) in [6.07, 6.45) is -0.00442. The maximum absolute atomic E-state index is 13.3. The van der Waals surface area contributed by atoms with Crippen molar-refractivity contribution < 1.29 is 17.9 Å². The van der Waals surface area contributed by atoms with Crippen LogP contribution in [0.1, 0.15) is 33.0 Å². The quantitative estimate of drug-likeness (QED) is 0.248. The van der Waals surface area contributed by atoms with Gasteiger partial charge >= 0.3 is 6.18 Å². The number of thiazole rings is 1. The molecule has 5 rings (SSSR count). The Balaban J connectivity index is 1.49. The van der Waals surface area contributed by atoms with Crippen molar-refractivity contribution in [2.24, 2.45) is 0 Å². The summed E-state index contributed by atoms with van der Waals surface area (Å²) in [6.45, 7) is 5.77. The highest BCUT2D eigenvalue weighted by Crippen LogP contribution is 2.35. The summed E-state index contributed by atoms with van der Waals surface area (Å²) in [5.41, 5.74) is 2.14. The van der Waals surface area contributed by atoms with Crippen molar-refractivity contribution >= 4 is 22.2 Å². The van der Waals surface area contributed by atoms with Gasteiger partial charge in [0.15, 0.2) is 0 Å². The fourth-order valence-corrected chi connectivity index (χ4v) is 5.08. The van der Waals surface area contributed by atoms with Crippen LogP contribution in [-0.4, -0.2) is 19.5 Å². The third-order valence-corrected chi connectivity index (χ3v) is 7.13. The number of benzene rings is 1. The molecule has 0 aliphatic carbocycles. The topological polar surface area (TPSA) is 69.9 Å². The van der Waals surface area contributed by atoms with Gasteiger partial charge in [-0.2, -0.15) is 13.2 Å². The van der Waals surface area contributed by atoms with E-state index < -0.39 is 17.3 Å². The Morgan fingerprint density at radius 1 is 1.05 bits per heavy atom. The van der Waals surface area contributed by atoms with Crippen LogP contribution in [0.5, 0.6) is 5.75 Å². The van der Waals surface area contributed by atoms with Crippen LogP contribution in [0.15, 0.2) is 65.8 Å². The molecule has 0 fully saturated rings. The van der Waals surface area contributed by atoms with Crippen molar-refractivity contribution in [2.75, 3.05) is 0 Å². The third kappa shape index (κ3) is 5.04. The zero-order valence-corrected chi connectivity index (χ0v) is 21.7. The molecule has 0 radical (unpaired) electrons. The molecular weight excluding hydrogens is 513 g/mol. The molecule has 0 saturated carbocycles. The van der Waals surface area contributed by atoms with E-state index >= 15 is 0 Å². The Morgan fingerprint density at radius 3 is 2.61 bits per heavy atom. The predicted octanol–water partition coefficient (Wildman–Crippen LogP) is 6.49. The molecule has 0 amide bonds. The lowest BCUT2D eigenvalue weighted by atomic mass is 10.1. The smallest absolute Gasteiger partial charge is 0.421 e. The van der Waals surface area contributed by atoms with Gasteiger partial charge in [-0.15, -0.1) is 11.3 Å². The Kier molecular flexibility index (Phi) is 6.75. The number of fused-ring (bicyclic) bond motifs is 1. The Hall–Kier alpha value is -4.05. The summed E-state index contributed by atoms with van der Waals surface area (Å²) in [5, 5.41) is 1.80. The first-order valence-electron chi connectivity index (χ1n) is 11.8. The number of ether oxygens (including phenoxy) is 1. The first-order valence-corrected chi connectivity index (χ1v) is 12.6. The fraction of sp³-hybridized carbons (Fsp3) is 0.214. The number of hydrogen-bond donors (Lipinski definition) is 0. The molecule has 0 saturated heterocycles. The molecule has 0 unspecified atom stereocenters. The summed E-state index contributed by atoms with van der Waals surface area (Å²) in [4.78, 5) is 27.2. The van der Waals surface area contributed by atoms with Crippen molar-refractivity contribution in [2.45, 2.75) is 40.1 Å². The zero-order valence-electron chi connectivity index (χ0n) is 20.8. The van der Waals surface area contributed by atoms with Gasteiger partial charge in [0.1, 0.15) is 28.4 Å². The van der Waals surface area contributed by atoms with Gasteiger partial charge in [0.05, 0.1) is 12.2 Å². The van der Waals surface area contributed by atoms with Crippen LogP contribution in [-0.2, 0) is 19.3 Å². The average molecular weight is 537 g/mol. The van der Waals surface area contributed by atoms with Gasteiger partial charge in [0.2, 0.25) is 0 Å². The lowest BCUT2D eigenvalue weighted by Crippen LogP contribution is -2.29. The molecule has 0 atom stereocenters. The van der Waals surface area contributed by atoms with E-state index in [9.17, 15) is 18.0 Å². The van der Waals surface area contributed by atoms with Crippen LogP contribution in [0.4, 0.5) is 13.2 Å². The third-order valence-electron chi connectivity index (χ3n) is 6.18. The van der Waals surface area contributed by atoms with E-state index in [1.54, 1.807) is 23.6 Å². The van der Waals surface area contributed by atoms with Crippen molar-refractivity contribution in [3.8, 4) is 16.3 Å². The molecule has 6 nitrogen and oxygen atoms in total. The number of aromatic nitrogens is 4. The van der Waals surface area contributed by atoms with Crippen LogP contribution < -0.4 is 10.3 Å². The SMILES string of the molecule is Cc1cc(-c2ncc(C)s2)c2cccc(OCc3c(C)ccnc3Cn3cccc(C(F)(F)F)c3=O)c2n1. The average Bonchev–Trinajstić information content (AvgIpc) is 3.30. The highest BCUT2D eigenvalue weighted by atomic mass is 32.1. The molecule has 0 N–H and O–H groups in total. The number of aryl methyl sites for hydroxylation is 3. The number of para-hydroxylation sites is 1. The van der Waals surface area contributed by atoms with Gasteiger partial charge in [0, 0.05) is 45.7 Å². The van der Waals surface area contributed by atoms with Crippen molar-refractivity contribution in [3.63, 3.8) is 0 Å². The molecule has 0 aliphatic rings. The Bertz CT molecular complexity index is 1710. The second kappa shape index (κ2) is 10.0. The highest BCUT2D eigenvalue weighted by Gasteiger charge is 2.34. The molecule has 1 aromatic carbocycles.